The predicted octanol–water partition coefficient (Wildman–Crippen LogP) is 2.69. The lowest BCUT2D eigenvalue weighted by atomic mass is 10.1. The first-order valence-corrected chi connectivity index (χ1v) is 12.9. The van der Waals surface area contributed by atoms with Crippen LogP contribution in [0.4, 0.5) is 5.13 Å². The zero-order chi connectivity index (χ0) is 22.7. The number of nitrogens with one attached hydrogen (secondary N) is 1. The number of carbonyl (C=O) groups is 2. The van der Waals surface area contributed by atoms with Gasteiger partial charge < -0.3 is 4.74 Å². The number of amides is 1. The van der Waals surface area contributed by atoms with E-state index in [2.05, 4.69) is 15.4 Å². The number of aromatic nitrogens is 1. The van der Waals surface area contributed by atoms with Crippen LogP contribution in [0.2, 0.25) is 0 Å². The molecule has 11 heteroatoms. The summed E-state index contributed by atoms with van der Waals surface area (Å²) < 4.78 is 29.9. The van der Waals surface area contributed by atoms with Crippen LogP contribution in [-0.2, 0) is 19.4 Å². The van der Waals surface area contributed by atoms with Crippen molar-refractivity contribution in [2.24, 2.45) is 5.10 Å². The largest absolute Gasteiger partial charge is 0.462 e. The van der Waals surface area contributed by atoms with E-state index in [0.29, 0.717) is 18.4 Å². The standard InChI is InChI=1S/C21H24N4O5S2/c1-2-30-20(27)17-13-22-21(31-17)23-19(26)18(24-25-11-3-4-12-25)14-5-7-15(8-6-14)32(28,29)16-9-10-16/h5-8,13,16H,2-4,9-12H2,1H3,(H,22,23,26)/b24-18+. The normalized spacial score (nSPS) is 16.8. The van der Waals surface area contributed by atoms with Gasteiger partial charge in [0.05, 0.1) is 22.9 Å². The van der Waals surface area contributed by atoms with E-state index in [0.717, 1.165) is 37.3 Å². The summed E-state index contributed by atoms with van der Waals surface area (Å²) in [6.45, 7) is 3.45. The molecular formula is C21H24N4O5S2. The van der Waals surface area contributed by atoms with Crippen LogP contribution in [0.3, 0.4) is 0 Å². The van der Waals surface area contributed by atoms with Gasteiger partial charge in [0.1, 0.15) is 4.88 Å². The van der Waals surface area contributed by atoms with Crippen LogP contribution in [0.15, 0.2) is 40.5 Å². The van der Waals surface area contributed by atoms with Crippen LogP contribution < -0.4 is 5.32 Å². The summed E-state index contributed by atoms with van der Waals surface area (Å²) >= 11 is 1.02. The van der Waals surface area contributed by atoms with Gasteiger partial charge in [-0.05, 0) is 44.7 Å². The molecule has 1 aliphatic carbocycles. The second kappa shape index (κ2) is 9.37. The third-order valence-electron chi connectivity index (χ3n) is 5.16. The van der Waals surface area contributed by atoms with Gasteiger partial charge in [-0.15, -0.1) is 0 Å². The molecule has 4 rings (SSSR count). The van der Waals surface area contributed by atoms with Crippen molar-refractivity contribution in [1.29, 1.82) is 0 Å². The molecule has 1 amide bonds. The van der Waals surface area contributed by atoms with Gasteiger partial charge in [0, 0.05) is 18.7 Å². The summed E-state index contributed by atoms with van der Waals surface area (Å²) in [5, 5.41) is 9.00. The summed E-state index contributed by atoms with van der Waals surface area (Å²) in [7, 11) is -3.31. The third kappa shape index (κ3) is 4.99. The van der Waals surface area contributed by atoms with Crippen LogP contribution >= 0.6 is 11.3 Å². The zero-order valence-corrected chi connectivity index (χ0v) is 19.2. The van der Waals surface area contributed by atoms with Crippen molar-refractivity contribution in [1.82, 2.24) is 9.99 Å². The molecule has 1 aromatic carbocycles. The van der Waals surface area contributed by atoms with Gasteiger partial charge in [-0.25, -0.2) is 18.2 Å². The highest BCUT2D eigenvalue weighted by Crippen LogP contribution is 2.33. The summed E-state index contributed by atoms with van der Waals surface area (Å²) in [5.74, 6) is -0.983. The maximum Gasteiger partial charge on any atom is 0.350 e. The topological polar surface area (TPSA) is 118 Å². The molecule has 1 aromatic heterocycles. The molecular weight excluding hydrogens is 452 g/mol. The Kier molecular flexibility index (Phi) is 6.56. The Bertz CT molecular complexity index is 1130. The highest BCUT2D eigenvalue weighted by Gasteiger charge is 2.36. The second-order valence-corrected chi connectivity index (χ2v) is 10.8. The number of benzene rings is 1. The molecule has 1 saturated heterocycles. The summed E-state index contributed by atoms with van der Waals surface area (Å²) in [5.41, 5.74) is 0.668. The van der Waals surface area contributed by atoms with E-state index in [1.807, 2.05) is 5.01 Å². The van der Waals surface area contributed by atoms with Crippen LogP contribution in [0.25, 0.3) is 0 Å². The number of anilines is 1. The van der Waals surface area contributed by atoms with Crippen LogP contribution in [0, 0.1) is 0 Å². The second-order valence-electron chi connectivity index (χ2n) is 7.58. The number of hydrogen-bond acceptors (Lipinski definition) is 9. The fraction of sp³-hybridized carbons (Fsp3) is 0.429. The Balaban J connectivity index is 1.57. The van der Waals surface area contributed by atoms with E-state index in [1.165, 1.54) is 18.3 Å². The molecule has 32 heavy (non-hydrogen) atoms. The third-order valence-corrected chi connectivity index (χ3v) is 8.33. The molecule has 1 saturated carbocycles. The lowest BCUT2D eigenvalue weighted by Crippen LogP contribution is -2.27. The number of rotatable bonds is 8. The Morgan fingerprint density at radius 2 is 1.91 bits per heavy atom. The zero-order valence-electron chi connectivity index (χ0n) is 17.6. The molecule has 0 atom stereocenters. The van der Waals surface area contributed by atoms with Crippen molar-refractivity contribution in [3.05, 3.63) is 40.9 Å². The maximum absolute atomic E-state index is 13.1. The minimum Gasteiger partial charge on any atom is -0.462 e. The minimum atomic E-state index is -3.31. The van der Waals surface area contributed by atoms with Crippen molar-refractivity contribution in [2.75, 3.05) is 25.0 Å². The Hall–Kier alpha value is -2.79. The molecule has 9 nitrogen and oxygen atoms in total. The van der Waals surface area contributed by atoms with E-state index in [9.17, 15) is 18.0 Å². The van der Waals surface area contributed by atoms with Crippen molar-refractivity contribution in [3.63, 3.8) is 0 Å². The number of thiazole rings is 1. The Morgan fingerprint density at radius 3 is 2.53 bits per heavy atom. The number of hydrazone groups is 1. The van der Waals surface area contributed by atoms with Gasteiger partial charge in [0.2, 0.25) is 0 Å². The summed E-state index contributed by atoms with van der Waals surface area (Å²) in [6, 6.07) is 6.27. The fourth-order valence-corrected chi connectivity index (χ4v) is 5.70. The Labute approximate surface area is 190 Å². The number of sulfone groups is 1. The maximum atomic E-state index is 13.1. The molecule has 0 radical (unpaired) electrons. The van der Waals surface area contributed by atoms with Crippen molar-refractivity contribution in [3.8, 4) is 0 Å². The highest BCUT2D eigenvalue weighted by atomic mass is 32.2. The number of nitrogens with zero attached hydrogens (tertiary/aromatic N) is 3. The van der Waals surface area contributed by atoms with Gasteiger partial charge >= 0.3 is 5.97 Å². The van der Waals surface area contributed by atoms with Gasteiger partial charge in [0.25, 0.3) is 5.91 Å². The number of hydrogen-bond donors (Lipinski definition) is 1. The average Bonchev–Trinajstić information content (AvgIpc) is 3.34. The average molecular weight is 477 g/mol. The van der Waals surface area contributed by atoms with E-state index >= 15 is 0 Å². The molecule has 2 heterocycles. The van der Waals surface area contributed by atoms with Crippen LogP contribution in [0.1, 0.15) is 47.8 Å². The van der Waals surface area contributed by atoms with E-state index in [-0.39, 0.29) is 32.5 Å². The molecule has 0 spiro atoms. The number of ether oxygens (including phenoxy) is 1. The van der Waals surface area contributed by atoms with Gasteiger partial charge in [-0.2, -0.15) is 5.10 Å². The molecule has 2 aliphatic rings. The van der Waals surface area contributed by atoms with Gasteiger partial charge in [0.15, 0.2) is 20.7 Å². The fourth-order valence-electron chi connectivity index (χ4n) is 3.33. The SMILES string of the molecule is CCOC(=O)c1cnc(NC(=O)/C(=N/N2CCCC2)c2ccc(S(=O)(=O)C3CC3)cc2)s1. The molecule has 0 unspecified atom stereocenters. The van der Waals surface area contributed by atoms with Crippen LogP contribution in [0.5, 0.6) is 0 Å². The smallest absolute Gasteiger partial charge is 0.350 e. The van der Waals surface area contributed by atoms with Crippen LogP contribution in [-0.4, -0.2) is 60.9 Å². The van der Waals surface area contributed by atoms with E-state index in [4.69, 9.17) is 4.74 Å². The molecule has 1 aliphatic heterocycles. The van der Waals surface area contributed by atoms with E-state index < -0.39 is 21.7 Å². The first-order valence-electron chi connectivity index (χ1n) is 10.5. The molecule has 2 aromatic rings. The number of esters is 1. The molecule has 2 fully saturated rings. The predicted molar refractivity (Wildman–Crippen MR) is 121 cm³/mol. The monoisotopic (exact) mass is 476 g/mol. The first-order chi connectivity index (χ1) is 15.4. The molecule has 170 valence electrons. The van der Waals surface area contributed by atoms with E-state index in [1.54, 1.807) is 19.1 Å². The molecule has 1 N–H and O–H groups in total. The minimum absolute atomic E-state index is 0.162. The van der Waals surface area contributed by atoms with Crippen molar-refractivity contribution < 1.29 is 22.7 Å². The quantitative estimate of drug-likeness (QED) is 0.460. The highest BCUT2D eigenvalue weighted by molar-refractivity contribution is 7.92. The lowest BCUT2D eigenvalue weighted by Gasteiger charge is -2.14. The Morgan fingerprint density at radius 1 is 1.22 bits per heavy atom. The summed E-state index contributed by atoms with van der Waals surface area (Å²) in [4.78, 5) is 29.5. The number of carbonyl (C=O) groups excluding carboxylic acids is 2. The van der Waals surface area contributed by atoms with Gasteiger partial charge in [-0.1, -0.05) is 23.5 Å². The van der Waals surface area contributed by atoms with Crippen molar-refractivity contribution >= 4 is 43.9 Å². The summed E-state index contributed by atoms with van der Waals surface area (Å²) in [6.07, 6.45) is 4.72. The molecule has 0 bridgehead atoms. The first kappa shape index (κ1) is 22.4. The van der Waals surface area contributed by atoms with Crippen molar-refractivity contribution in [2.45, 2.75) is 42.8 Å². The lowest BCUT2D eigenvalue weighted by molar-refractivity contribution is -0.110. The van der Waals surface area contributed by atoms with Gasteiger partial charge in [-0.3, -0.25) is 15.1 Å².